The largest absolute Gasteiger partial charge is 0.419 e. The van der Waals surface area contributed by atoms with Crippen molar-refractivity contribution >= 4 is 53.0 Å². The van der Waals surface area contributed by atoms with Crippen molar-refractivity contribution in [2.24, 2.45) is 0 Å². The highest BCUT2D eigenvalue weighted by molar-refractivity contribution is 7.98. The Morgan fingerprint density at radius 2 is 1.75 bits per heavy atom. The van der Waals surface area contributed by atoms with E-state index in [4.69, 9.17) is 10.00 Å². The number of alkyl halides is 6. The fraction of sp³-hybridized carbons (Fsp3) is 0.553. The molecule has 6 amide bonds. The van der Waals surface area contributed by atoms with Crippen LogP contribution in [0.25, 0.3) is 0 Å². The van der Waals surface area contributed by atoms with E-state index in [0.29, 0.717) is 55.1 Å². The topological polar surface area (TPSA) is 180 Å². The number of anilines is 2. The lowest BCUT2D eigenvalue weighted by Crippen LogP contribution is -2.60. The molecule has 1 saturated carbocycles. The van der Waals surface area contributed by atoms with E-state index in [2.05, 4.69) is 20.9 Å². The van der Waals surface area contributed by atoms with Gasteiger partial charge in [0, 0.05) is 73.1 Å². The van der Waals surface area contributed by atoms with Crippen molar-refractivity contribution in [3.8, 4) is 6.07 Å². The van der Waals surface area contributed by atoms with E-state index >= 15 is 0 Å². The van der Waals surface area contributed by atoms with Gasteiger partial charge in [0.05, 0.1) is 24.8 Å². The summed E-state index contributed by atoms with van der Waals surface area (Å²) in [6, 6.07) is 4.81. The van der Waals surface area contributed by atoms with Crippen LogP contribution in [0.5, 0.6) is 0 Å². The molecule has 1 aromatic heterocycles. The minimum absolute atomic E-state index is 0.0291. The zero-order valence-corrected chi connectivity index (χ0v) is 33.4. The normalized spacial score (nSPS) is 24.3. The molecular formula is C38H43F6N9O6S. The van der Waals surface area contributed by atoms with Gasteiger partial charge in [-0.25, -0.2) is 9.78 Å². The number of carbonyl (C=O) groups is 5. The summed E-state index contributed by atoms with van der Waals surface area (Å²) in [4.78, 5) is 71.0. The molecule has 2 aromatic rings. The molecule has 1 unspecified atom stereocenters. The number of nitrogens with zero attached hydrogens (tertiary/aromatic N) is 6. The van der Waals surface area contributed by atoms with Crippen LogP contribution in [0.3, 0.4) is 0 Å². The number of amides is 6. The first-order valence-electron chi connectivity index (χ1n) is 19.2. The molecule has 324 valence electrons. The van der Waals surface area contributed by atoms with Crippen LogP contribution >= 0.6 is 11.9 Å². The lowest BCUT2D eigenvalue weighted by molar-refractivity contribution is -0.197. The number of imide groups is 2. The average molecular weight is 868 g/mol. The van der Waals surface area contributed by atoms with Gasteiger partial charge < -0.3 is 20.3 Å². The number of carbonyl (C=O) groups excluding carboxylic acids is 5. The van der Waals surface area contributed by atoms with Gasteiger partial charge >= 0.3 is 18.4 Å². The number of urea groups is 1. The van der Waals surface area contributed by atoms with E-state index < -0.39 is 71.5 Å². The maximum absolute atomic E-state index is 14.3. The monoisotopic (exact) mass is 867 g/mol. The molecule has 60 heavy (non-hydrogen) atoms. The van der Waals surface area contributed by atoms with Gasteiger partial charge in [-0.1, -0.05) is 6.07 Å². The predicted octanol–water partition coefficient (Wildman–Crippen LogP) is 4.75. The molecule has 3 saturated heterocycles. The van der Waals surface area contributed by atoms with Crippen molar-refractivity contribution in [1.82, 2.24) is 29.3 Å². The summed E-state index contributed by atoms with van der Waals surface area (Å²) in [5.74, 6) is -2.11. The first-order valence-corrected chi connectivity index (χ1v) is 20.0. The Bertz CT molecular complexity index is 2020. The molecule has 0 bridgehead atoms. The molecule has 1 aromatic carbocycles. The number of aromatic nitrogens is 1. The van der Waals surface area contributed by atoms with Crippen molar-refractivity contribution in [2.45, 2.75) is 99.4 Å². The molecule has 2 atom stereocenters. The van der Waals surface area contributed by atoms with Crippen LogP contribution in [0, 0.1) is 11.3 Å². The number of benzene rings is 1. The van der Waals surface area contributed by atoms with Crippen LogP contribution in [-0.2, 0) is 30.1 Å². The van der Waals surface area contributed by atoms with Crippen molar-refractivity contribution in [3.05, 3.63) is 47.8 Å². The summed E-state index contributed by atoms with van der Waals surface area (Å²) in [6.45, 7) is 2.80. The van der Waals surface area contributed by atoms with E-state index in [-0.39, 0.29) is 68.6 Å². The molecule has 0 radical (unpaired) electrons. The van der Waals surface area contributed by atoms with Gasteiger partial charge in [-0.15, -0.1) is 0 Å². The van der Waals surface area contributed by atoms with Crippen LogP contribution in [0.15, 0.2) is 41.4 Å². The van der Waals surface area contributed by atoms with Gasteiger partial charge in [0.25, 0.3) is 5.91 Å². The number of ether oxygens (including phenoxy) is 1. The zero-order valence-electron chi connectivity index (χ0n) is 32.6. The highest BCUT2D eigenvalue weighted by Gasteiger charge is 2.55. The summed E-state index contributed by atoms with van der Waals surface area (Å²) < 4.78 is 90.2. The number of pyridine rings is 1. The summed E-state index contributed by atoms with van der Waals surface area (Å²) >= 11 is 0.500. The highest BCUT2D eigenvalue weighted by atomic mass is 32.2. The van der Waals surface area contributed by atoms with Crippen molar-refractivity contribution < 1.29 is 55.1 Å². The Morgan fingerprint density at radius 1 is 1.03 bits per heavy atom. The maximum Gasteiger partial charge on any atom is 0.419 e. The second-order valence-corrected chi connectivity index (χ2v) is 16.5. The van der Waals surface area contributed by atoms with E-state index in [1.807, 2.05) is 0 Å². The molecule has 1 aliphatic carbocycles. The Hall–Kier alpha value is -4.98. The third-order valence-electron chi connectivity index (χ3n) is 11.0. The van der Waals surface area contributed by atoms with Crippen LogP contribution in [0.4, 0.5) is 42.5 Å². The molecule has 0 spiro atoms. The molecule has 4 aliphatic rings. The number of piperazine rings is 1. The summed E-state index contributed by atoms with van der Waals surface area (Å²) in [7, 11) is 0. The standard InChI is InChI=1S/C38H43F6N9O6S/c1-36(2)34(57)53(60-26-17-27(37(39,40)41)29(18-45)46-19-26)35(58)52(36)24-6-8-25(9-7-24)59-15-14-50-12-13-51(30(20-50)38(42,43)44)21-32(55)48-23-5-3-4-22(16-23)47-28-10-11-31(54)49-33(28)56/h3-5,16-17,19,24-25,28,30,47H,6-15,20-21H2,1-2H3,(H,48,55)(H,49,54,56)/t24?,25?,28?,30-/m1/s1. The molecular weight excluding hydrogens is 825 g/mol. The number of rotatable bonds is 12. The fourth-order valence-corrected chi connectivity index (χ4v) is 8.83. The van der Waals surface area contributed by atoms with Crippen LogP contribution in [0.1, 0.15) is 63.6 Å². The highest BCUT2D eigenvalue weighted by Crippen LogP contribution is 2.41. The lowest BCUT2D eigenvalue weighted by Gasteiger charge is -2.42. The minimum atomic E-state index is -4.88. The lowest BCUT2D eigenvalue weighted by atomic mass is 9.89. The van der Waals surface area contributed by atoms with Crippen molar-refractivity contribution in [1.29, 1.82) is 5.26 Å². The second kappa shape index (κ2) is 17.9. The molecule has 15 nitrogen and oxygen atoms in total. The third kappa shape index (κ3) is 10.3. The van der Waals surface area contributed by atoms with Gasteiger partial charge in [-0.2, -0.15) is 35.9 Å². The summed E-state index contributed by atoms with van der Waals surface area (Å²) in [6.07, 6.45) is -6.43. The van der Waals surface area contributed by atoms with E-state index in [1.165, 1.54) is 11.0 Å². The quantitative estimate of drug-likeness (QED) is 0.116. The first-order chi connectivity index (χ1) is 28.2. The molecule has 6 rings (SSSR count). The van der Waals surface area contributed by atoms with Gasteiger partial charge in [0.15, 0.2) is 5.69 Å². The number of hydrogen-bond acceptors (Lipinski definition) is 12. The minimum Gasteiger partial charge on any atom is -0.377 e. The van der Waals surface area contributed by atoms with E-state index in [9.17, 15) is 50.3 Å². The number of nitrogens with one attached hydrogen (secondary N) is 3. The second-order valence-electron chi connectivity index (χ2n) is 15.5. The number of hydrogen-bond donors (Lipinski definition) is 3. The molecule has 4 fully saturated rings. The summed E-state index contributed by atoms with van der Waals surface area (Å²) in [5.41, 5.74) is -2.62. The summed E-state index contributed by atoms with van der Waals surface area (Å²) in [5, 5.41) is 16.9. The fourth-order valence-electron chi connectivity index (χ4n) is 7.88. The van der Waals surface area contributed by atoms with E-state index in [0.717, 1.165) is 15.4 Å². The third-order valence-corrected chi connectivity index (χ3v) is 11.9. The van der Waals surface area contributed by atoms with Crippen LogP contribution < -0.4 is 16.0 Å². The SMILES string of the molecule is CC1(C)C(=O)N(Sc2cnc(C#N)c(C(F)(F)F)c2)C(=O)N1C1CCC(OCCN2CCN(CC(=O)Nc3cccc(NC4CCC(=O)NC4=O)c3)[C@@H](C(F)(F)F)C2)CC1. The number of halogens is 6. The predicted molar refractivity (Wildman–Crippen MR) is 203 cm³/mol. The molecule has 4 heterocycles. The first kappa shape index (κ1) is 44.6. The smallest absolute Gasteiger partial charge is 0.377 e. The molecule has 3 aliphatic heterocycles. The van der Waals surface area contributed by atoms with E-state index in [1.54, 1.807) is 43.0 Å². The van der Waals surface area contributed by atoms with Crippen LogP contribution in [-0.4, -0.2) is 129 Å². The average Bonchev–Trinajstić information content (AvgIpc) is 3.34. The molecule has 22 heteroatoms. The Labute approximate surface area is 345 Å². The molecule has 3 N–H and O–H groups in total. The Morgan fingerprint density at radius 3 is 2.42 bits per heavy atom. The Balaban J connectivity index is 0.958. The van der Waals surface area contributed by atoms with Crippen molar-refractivity contribution in [3.63, 3.8) is 0 Å². The number of piperidine rings is 1. The van der Waals surface area contributed by atoms with Gasteiger partial charge in [0.1, 0.15) is 23.7 Å². The van der Waals surface area contributed by atoms with Crippen LogP contribution in [0.2, 0.25) is 0 Å². The Kier molecular flexibility index (Phi) is 13.3. The van der Waals surface area contributed by atoms with Gasteiger partial charge in [0.2, 0.25) is 17.7 Å². The van der Waals surface area contributed by atoms with Gasteiger partial charge in [-0.3, -0.25) is 34.3 Å². The zero-order chi connectivity index (χ0) is 43.6. The maximum atomic E-state index is 14.3. The number of nitriles is 1. The van der Waals surface area contributed by atoms with Crippen molar-refractivity contribution in [2.75, 3.05) is 50.0 Å². The van der Waals surface area contributed by atoms with Gasteiger partial charge in [-0.05, 0) is 70.2 Å².